The van der Waals surface area contributed by atoms with E-state index in [1.54, 1.807) is 24.0 Å². The molecule has 5 rings (SSSR count). The number of hydrogen-bond acceptors (Lipinski definition) is 10. The molecule has 4 heterocycles. The molecular weight excluding hydrogens is 529 g/mol. The minimum Gasteiger partial charge on any atom is -0.378 e. The highest BCUT2D eigenvalue weighted by Crippen LogP contribution is 2.37. The van der Waals surface area contributed by atoms with Crippen molar-refractivity contribution in [2.75, 3.05) is 11.9 Å². The van der Waals surface area contributed by atoms with Crippen LogP contribution < -0.4 is 5.32 Å². The standard InChI is InChI=1S/C22H24N7O5PS.C2H6/c1-2-33-16-7-15(8-16)29-11-18(20(27-29)17-5-3-4-6-23-17)25-21(30)19-12-36-22(26-19)14-9-24-28(10-14)13-34-35(31)32;1-2/h3-6,9-12,15-16,31-32H,2,7-8,13H2,1H3,(H,25,30);1-2H3. The fraction of sp³-hybridized carbons (Fsp3) is 0.375. The molecule has 0 saturated heterocycles. The molecule has 1 aliphatic rings. The van der Waals surface area contributed by atoms with Gasteiger partial charge >= 0.3 is 8.60 Å². The van der Waals surface area contributed by atoms with E-state index in [2.05, 4.69) is 20.4 Å². The molecule has 0 radical (unpaired) electrons. The SMILES string of the molecule is CC.CCOC1CC(n2cc(NC(=O)c3csc(-c4cnn(COP(O)O)c4)n3)c(-c3ccccn3)n2)C1. The van der Waals surface area contributed by atoms with Crippen LogP contribution >= 0.6 is 19.9 Å². The van der Waals surface area contributed by atoms with E-state index in [0.717, 1.165) is 12.8 Å². The summed E-state index contributed by atoms with van der Waals surface area (Å²) in [7, 11) is -2.47. The Morgan fingerprint density at radius 1 is 1.26 bits per heavy atom. The molecule has 1 fully saturated rings. The second-order valence-corrected chi connectivity index (χ2v) is 9.68. The number of carbonyl (C=O) groups excluding carboxylic acids is 1. The molecule has 0 atom stereocenters. The summed E-state index contributed by atoms with van der Waals surface area (Å²) < 4.78 is 13.7. The summed E-state index contributed by atoms with van der Waals surface area (Å²) in [6.45, 7) is 6.57. The number of ether oxygens (including phenoxy) is 1. The van der Waals surface area contributed by atoms with E-state index >= 15 is 0 Å². The first kappa shape index (κ1) is 28.0. The predicted molar refractivity (Wildman–Crippen MR) is 144 cm³/mol. The van der Waals surface area contributed by atoms with E-state index < -0.39 is 8.60 Å². The van der Waals surface area contributed by atoms with Crippen LogP contribution in [0.25, 0.3) is 22.0 Å². The van der Waals surface area contributed by atoms with Gasteiger partial charge in [-0.05, 0) is 31.9 Å². The Hall–Kier alpha value is -3.06. The number of hydrogen-bond donors (Lipinski definition) is 3. The number of pyridine rings is 1. The van der Waals surface area contributed by atoms with Crippen LogP contribution in [-0.4, -0.2) is 57.9 Å². The van der Waals surface area contributed by atoms with Crippen molar-refractivity contribution in [1.82, 2.24) is 29.5 Å². The monoisotopic (exact) mass is 559 g/mol. The molecule has 0 bridgehead atoms. The first-order chi connectivity index (χ1) is 18.5. The van der Waals surface area contributed by atoms with Gasteiger partial charge in [0.15, 0.2) is 0 Å². The Balaban J connectivity index is 0.00000164. The summed E-state index contributed by atoms with van der Waals surface area (Å²) in [5, 5.41) is 14.0. The summed E-state index contributed by atoms with van der Waals surface area (Å²) in [5.41, 5.74) is 2.75. The maximum absolute atomic E-state index is 13.1. The van der Waals surface area contributed by atoms with Gasteiger partial charge < -0.3 is 19.8 Å². The average molecular weight is 560 g/mol. The normalized spacial score (nSPS) is 16.6. The van der Waals surface area contributed by atoms with Crippen molar-refractivity contribution in [1.29, 1.82) is 0 Å². The van der Waals surface area contributed by atoms with Crippen LogP contribution in [-0.2, 0) is 16.0 Å². The molecule has 38 heavy (non-hydrogen) atoms. The van der Waals surface area contributed by atoms with Gasteiger partial charge in [0.25, 0.3) is 5.91 Å². The van der Waals surface area contributed by atoms with Gasteiger partial charge in [0.05, 0.1) is 29.7 Å². The third-order valence-electron chi connectivity index (χ3n) is 5.66. The van der Waals surface area contributed by atoms with Gasteiger partial charge in [-0.1, -0.05) is 19.9 Å². The van der Waals surface area contributed by atoms with Crippen LogP contribution in [0.3, 0.4) is 0 Å². The molecule has 1 saturated carbocycles. The zero-order valence-corrected chi connectivity index (χ0v) is 23.0. The van der Waals surface area contributed by atoms with E-state index in [0.29, 0.717) is 34.3 Å². The molecule has 14 heteroatoms. The zero-order valence-electron chi connectivity index (χ0n) is 21.3. The predicted octanol–water partition coefficient (Wildman–Crippen LogP) is 4.47. The van der Waals surface area contributed by atoms with E-state index in [4.69, 9.17) is 24.1 Å². The molecule has 1 amide bonds. The molecule has 0 spiro atoms. The molecule has 12 nitrogen and oxygen atoms in total. The minimum absolute atomic E-state index is 0.107. The van der Waals surface area contributed by atoms with Gasteiger partial charge in [-0.25, -0.2) is 9.67 Å². The van der Waals surface area contributed by atoms with Crippen LogP contribution in [0.15, 0.2) is 48.4 Å². The maximum Gasteiger partial charge on any atom is 0.328 e. The van der Waals surface area contributed by atoms with Crippen LogP contribution in [0.1, 0.15) is 50.1 Å². The number of amides is 1. The van der Waals surface area contributed by atoms with Gasteiger partial charge in [-0.3, -0.25) is 19.0 Å². The third-order valence-corrected chi connectivity index (χ3v) is 6.89. The molecule has 202 valence electrons. The fourth-order valence-electron chi connectivity index (χ4n) is 3.84. The number of nitrogens with one attached hydrogen (secondary N) is 1. The minimum atomic E-state index is -2.47. The van der Waals surface area contributed by atoms with Gasteiger partial charge in [-0.2, -0.15) is 10.2 Å². The number of nitrogens with zero attached hydrogens (tertiary/aromatic N) is 6. The quantitative estimate of drug-likeness (QED) is 0.239. The topological polar surface area (TPSA) is 149 Å². The van der Waals surface area contributed by atoms with Gasteiger partial charge in [0.1, 0.15) is 23.1 Å². The Morgan fingerprint density at radius 2 is 2.08 bits per heavy atom. The Labute approximate surface area is 225 Å². The molecular formula is C24H30N7O5PS. The number of anilines is 1. The summed E-state index contributed by atoms with van der Waals surface area (Å²) in [6, 6.07) is 5.76. The highest BCUT2D eigenvalue weighted by Gasteiger charge is 2.32. The van der Waals surface area contributed by atoms with Crippen LogP contribution in [0, 0.1) is 0 Å². The number of thiazole rings is 1. The molecule has 1 aliphatic carbocycles. The lowest BCUT2D eigenvalue weighted by molar-refractivity contribution is -0.0226. The molecule has 3 N–H and O–H groups in total. The van der Waals surface area contributed by atoms with E-state index in [1.165, 1.54) is 16.0 Å². The summed E-state index contributed by atoms with van der Waals surface area (Å²) in [4.78, 5) is 39.7. The van der Waals surface area contributed by atoms with Crippen LogP contribution in [0.4, 0.5) is 5.69 Å². The molecule has 4 aromatic heterocycles. The molecule has 4 aromatic rings. The van der Waals surface area contributed by atoms with Gasteiger partial charge in [0, 0.05) is 36.1 Å². The van der Waals surface area contributed by atoms with E-state index in [-0.39, 0.29) is 30.5 Å². The second kappa shape index (κ2) is 13.1. The van der Waals surface area contributed by atoms with Crippen molar-refractivity contribution < 1.29 is 23.8 Å². The highest BCUT2D eigenvalue weighted by molar-refractivity contribution is 7.39. The summed E-state index contributed by atoms with van der Waals surface area (Å²) in [5.74, 6) is -0.364. The van der Waals surface area contributed by atoms with E-state index in [9.17, 15) is 4.79 Å². The van der Waals surface area contributed by atoms with Crippen molar-refractivity contribution in [2.45, 2.75) is 52.5 Å². The Bertz CT molecular complexity index is 1320. The van der Waals surface area contributed by atoms with E-state index in [1.807, 2.05) is 49.8 Å². The number of aromatic nitrogens is 6. The lowest BCUT2D eigenvalue weighted by Crippen LogP contribution is -2.33. The Kier molecular flexibility index (Phi) is 9.67. The fourth-order valence-corrected chi connectivity index (χ4v) is 4.84. The zero-order chi connectivity index (χ0) is 27.1. The molecule has 0 unspecified atom stereocenters. The molecule has 0 aromatic carbocycles. The van der Waals surface area contributed by atoms with Crippen molar-refractivity contribution in [3.63, 3.8) is 0 Å². The largest absolute Gasteiger partial charge is 0.378 e. The van der Waals surface area contributed by atoms with Gasteiger partial charge in [-0.15, -0.1) is 11.3 Å². The van der Waals surface area contributed by atoms with Crippen LogP contribution in [0.2, 0.25) is 0 Å². The second-order valence-electron chi connectivity index (χ2n) is 8.06. The van der Waals surface area contributed by atoms with Crippen molar-refractivity contribution in [2.24, 2.45) is 0 Å². The average Bonchev–Trinajstić information content (AvgIpc) is 3.66. The lowest BCUT2D eigenvalue weighted by atomic mass is 9.89. The smallest absolute Gasteiger partial charge is 0.328 e. The van der Waals surface area contributed by atoms with Crippen molar-refractivity contribution >= 4 is 31.5 Å². The first-order valence-electron chi connectivity index (χ1n) is 12.2. The first-order valence-corrected chi connectivity index (χ1v) is 14.3. The van der Waals surface area contributed by atoms with Crippen molar-refractivity contribution in [3.8, 4) is 22.0 Å². The number of rotatable bonds is 10. The van der Waals surface area contributed by atoms with Gasteiger partial charge in [0.2, 0.25) is 0 Å². The molecule has 0 aliphatic heterocycles. The highest BCUT2D eigenvalue weighted by atomic mass is 32.1. The Morgan fingerprint density at radius 3 is 2.79 bits per heavy atom. The maximum atomic E-state index is 13.1. The van der Waals surface area contributed by atoms with Crippen LogP contribution in [0.5, 0.6) is 0 Å². The van der Waals surface area contributed by atoms with Crippen molar-refractivity contribution in [3.05, 3.63) is 54.1 Å². The number of carbonyl (C=O) groups is 1. The lowest BCUT2D eigenvalue weighted by Gasteiger charge is -2.34. The summed E-state index contributed by atoms with van der Waals surface area (Å²) >= 11 is 1.30. The summed E-state index contributed by atoms with van der Waals surface area (Å²) in [6.07, 6.45) is 8.72. The third kappa shape index (κ3) is 6.68.